The second-order valence-corrected chi connectivity index (χ2v) is 8.11. The summed E-state index contributed by atoms with van der Waals surface area (Å²) in [5.74, 6) is 2.31. The van der Waals surface area contributed by atoms with Gasteiger partial charge in [-0.05, 0) is 43.5 Å². The number of benzene rings is 2. The Morgan fingerprint density at radius 2 is 1.85 bits per heavy atom. The molecule has 176 valence electrons. The average molecular weight is 563 g/mol. The Balaban J connectivity index is 0.00000306. The molecule has 2 heterocycles. The van der Waals surface area contributed by atoms with E-state index in [4.69, 9.17) is 4.99 Å². The highest BCUT2D eigenvalue weighted by atomic mass is 127. The zero-order valence-corrected chi connectivity index (χ0v) is 21.4. The standard InChI is InChI=1S/C24H30FN7.HI/c1-18-29-30-23(31(18)2)17-27-24(26-16-19-7-4-3-5-8-19)28-21-11-13-32(14-12-21)22-10-6-9-20(25)15-22;/h3-10,15,21H,11-14,16-17H2,1-2H3,(H2,26,27,28);1H. The van der Waals surface area contributed by atoms with Crippen LogP contribution in [0.3, 0.4) is 0 Å². The molecule has 0 amide bonds. The number of nitrogens with zero attached hydrogens (tertiary/aromatic N) is 5. The zero-order valence-electron chi connectivity index (χ0n) is 19.0. The smallest absolute Gasteiger partial charge is 0.192 e. The molecule has 0 unspecified atom stereocenters. The third-order valence-corrected chi connectivity index (χ3v) is 5.87. The van der Waals surface area contributed by atoms with E-state index in [0.29, 0.717) is 19.1 Å². The number of aromatic nitrogens is 3. The van der Waals surface area contributed by atoms with E-state index in [0.717, 1.165) is 54.8 Å². The molecule has 0 bridgehead atoms. The van der Waals surface area contributed by atoms with Crippen LogP contribution in [0, 0.1) is 12.7 Å². The first-order valence-corrected chi connectivity index (χ1v) is 11.0. The lowest BCUT2D eigenvalue weighted by Crippen LogP contribution is -2.48. The Labute approximate surface area is 211 Å². The second-order valence-electron chi connectivity index (χ2n) is 8.11. The van der Waals surface area contributed by atoms with Gasteiger partial charge in [0.15, 0.2) is 11.8 Å². The van der Waals surface area contributed by atoms with Crippen LogP contribution in [0.25, 0.3) is 0 Å². The van der Waals surface area contributed by atoms with Crippen molar-refractivity contribution in [3.05, 3.63) is 77.6 Å². The topological polar surface area (TPSA) is 70.4 Å². The Morgan fingerprint density at radius 1 is 1.09 bits per heavy atom. The van der Waals surface area contributed by atoms with E-state index in [-0.39, 0.29) is 29.8 Å². The van der Waals surface area contributed by atoms with Crippen LogP contribution < -0.4 is 15.5 Å². The molecular weight excluding hydrogens is 532 g/mol. The predicted molar refractivity (Wildman–Crippen MR) is 140 cm³/mol. The minimum Gasteiger partial charge on any atom is -0.371 e. The number of halogens is 2. The molecule has 7 nitrogen and oxygen atoms in total. The molecule has 1 saturated heterocycles. The number of anilines is 1. The molecule has 0 atom stereocenters. The van der Waals surface area contributed by atoms with Crippen LogP contribution in [-0.4, -0.2) is 39.9 Å². The number of aliphatic imine (C=N–C) groups is 1. The number of piperidine rings is 1. The SMILES string of the molecule is Cc1nnc(CNC(=NCc2ccccc2)NC2CCN(c3cccc(F)c3)CC2)n1C.I. The van der Waals surface area contributed by atoms with Gasteiger partial charge in [-0.15, -0.1) is 34.2 Å². The number of guanidine groups is 1. The van der Waals surface area contributed by atoms with Crippen molar-refractivity contribution in [1.82, 2.24) is 25.4 Å². The van der Waals surface area contributed by atoms with Gasteiger partial charge in [0.05, 0.1) is 13.1 Å². The molecular formula is C24H31FIN7. The van der Waals surface area contributed by atoms with Gasteiger partial charge in [0, 0.05) is 31.9 Å². The van der Waals surface area contributed by atoms with Gasteiger partial charge in [-0.3, -0.25) is 0 Å². The second kappa shape index (κ2) is 12.0. The predicted octanol–water partition coefficient (Wildman–Crippen LogP) is 3.79. The first-order chi connectivity index (χ1) is 15.6. The van der Waals surface area contributed by atoms with Crippen LogP contribution in [0.5, 0.6) is 0 Å². The molecule has 1 aliphatic rings. The fourth-order valence-corrected chi connectivity index (χ4v) is 3.82. The summed E-state index contributed by atoms with van der Waals surface area (Å²) in [6.07, 6.45) is 1.90. The molecule has 0 saturated carbocycles. The highest BCUT2D eigenvalue weighted by Gasteiger charge is 2.21. The van der Waals surface area contributed by atoms with E-state index in [1.807, 2.05) is 42.8 Å². The van der Waals surface area contributed by atoms with Gasteiger partial charge in [0.25, 0.3) is 0 Å². The summed E-state index contributed by atoms with van der Waals surface area (Å²) in [7, 11) is 1.96. The summed E-state index contributed by atoms with van der Waals surface area (Å²) < 4.78 is 15.5. The summed E-state index contributed by atoms with van der Waals surface area (Å²) in [4.78, 5) is 7.04. The van der Waals surface area contributed by atoms with Crippen molar-refractivity contribution in [1.29, 1.82) is 0 Å². The molecule has 0 spiro atoms. The molecule has 2 N–H and O–H groups in total. The van der Waals surface area contributed by atoms with Crippen LogP contribution >= 0.6 is 24.0 Å². The highest BCUT2D eigenvalue weighted by Crippen LogP contribution is 2.20. The normalized spacial score (nSPS) is 14.6. The quantitative estimate of drug-likeness (QED) is 0.272. The van der Waals surface area contributed by atoms with Gasteiger partial charge in [0.2, 0.25) is 0 Å². The van der Waals surface area contributed by atoms with E-state index >= 15 is 0 Å². The molecule has 9 heteroatoms. The van der Waals surface area contributed by atoms with E-state index in [1.54, 1.807) is 12.1 Å². The van der Waals surface area contributed by atoms with Crippen LogP contribution in [-0.2, 0) is 20.1 Å². The average Bonchev–Trinajstić information content (AvgIpc) is 3.14. The third-order valence-electron chi connectivity index (χ3n) is 5.87. The minimum atomic E-state index is -0.193. The van der Waals surface area contributed by atoms with Crippen molar-refractivity contribution in [3.63, 3.8) is 0 Å². The van der Waals surface area contributed by atoms with Gasteiger partial charge in [-0.25, -0.2) is 9.38 Å². The van der Waals surface area contributed by atoms with Crippen molar-refractivity contribution in [2.45, 2.75) is 38.9 Å². The lowest BCUT2D eigenvalue weighted by Gasteiger charge is -2.34. The van der Waals surface area contributed by atoms with Crippen LogP contribution in [0.2, 0.25) is 0 Å². The molecule has 1 aliphatic heterocycles. The largest absolute Gasteiger partial charge is 0.371 e. The number of hydrogen-bond donors (Lipinski definition) is 2. The first-order valence-electron chi connectivity index (χ1n) is 11.0. The number of rotatable bonds is 6. The summed E-state index contributed by atoms with van der Waals surface area (Å²) >= 11 is 0. The maximum absolute atomic E-state index is 13.6. The first kappa shape index (κ1) is 24.9. The lowest BCUT2D eigenvalue weighted by atomic mass is 10.0. The molecule has 2 aromatic carbocycles. The van der Waals surface area contributed by atoms with E-state index in [9.17, 15) is 4.39 Å². The van der Waals surface area contributed by atoms with Gasteiger partial charge in [-0.2, -0.15) is 0 Å². The van der Waals surface area contributed by atoms with Gasteiger partial charge in [0.1, 0.15) is 11.6 Å². The van der Waals surface area contributed by atoms with Crippen molar-refractivity contribution in [2.75, 3.05) is 18.0 Å². The molecule has 3 aromatic rings. The summed E-state index contributed by atoms with van der Waals surface area (Å²) in [5.41, 5.74) is 2.10. The fourth-order valence-electron chi connectivity index (χ4n) is 3.82. The van der Waals surface area contributed by atoms with E-state index < -0.39 is 0 Å². The summed E-state index contributed by atoms with van der Waals surface area (Å²) in [5, 5.41) is 15.4. The fraction of sp³-hybridized carbons (Fsp3) is 0.375. The highest BCUT2D eigenvalue weighted by molar-refractivity contribution is 14.0. The van der Waals surface area contributed by atoms with Gasteiger partial charge in [-0.1, -0.05) is 36.4 Å². The lowest BCUT2D eigenvalue weighted by molar-refractivity contribution is 0.460. The van der Waals surface area contributed by atoms with Crippen molar-refractivity contribution in [3.8, 4) is 0 Å². The summed E-state index contributed by atoms with van der Waals surface area (Å²) in [6.45, 7) is 4.81. The Morgan fingerprint density at radius 3 is 2.52 bits per heavy atom. The van der Waals surface area contributed by atoms with Crippen LogP contribution in [0.4, 0.5) is 10.1 Å². The van der Waals surface area contributed by atoms with E-state index in [1.165, 1.54) is 6.07 Å². The number of hydrogen-bond acceptors (Lipinski definition) is 4. The molecule has 0 radical (unpaired) electrons. The van der Waals surface area contributed by atoms with Gasteiger partial charge < -0.3 is 20.1 Å². The summed E-state index contributed by atoms with van der Waals surface area (Å²) in [6, 6.07) is 17.3. The number of nitrogens with one attached hydrogen (secondary N) is 2. The van der Waals surface area contributed by atoms with E-state index in [2.05, 4.69) is 37.9 Å². The van der Waals surface area contributed by atoms with Gasteiger partial charge >= 0.3 is 0 Å². The molecule has 0 aliphatic carbocycles. The number of aryl methyl sites for hydroxylation is 1. The van der Waals surface area contributed by atoms with Crippen molar-refractivity contribution in [2.24, 2.45) is 12.0 Å². The van der Waals surface area contributed by atoms with Crippen LogP contribution in [0.15, 0.2) is 59.6 Å². The molecule has 1 aromatic heterocycles. The zero-order chi connectivity index (χ0) is 22.3. The Bertz CT molecular complexity index is 1050. The Hall–Kier alpha value is -2.69. The minimum absolute atomic E-state index is 0. The molecule has 1 fully saturated rings. The van der Waals surface area contributed by atoms with Crippen molar-refractivity contribution < 1.29 is 4.39 Å². The maximum atomic E-state index is 13.6. The molecule has 33 heavy (non-hydrogen) atoms. The Kier molecular flexibility index (Phi) is 9.04. The monoisotopic (exact) mass is 563 g/mol. The van der Waals surface area contributed by atoms with Crippen molar-refractivity contribution >= 4 is 35.6 Å². The maximum Gasteiger partial charge on any atom is 0.192 e. The molecule has 4 rings (SSSR count). The third kappa shape index (κ3) is 6.89. The van der Waals surface area contributed by atoms with Crippen LogP contribution in [0.1, 0.15) is 30.1 Å².